The predicted octanol–water partition coefficient (Wildman–Crippen LogP) is 5.33. The molecule has 2 aliphatic rings. The van der Waals surface area contributed by atoms with Crippen LogP contribution in [0.15, 0.2) is 46.3 Å². The number of thioether (sulfide) groups is 1. The van der Waals surface area contributed by atoms with Gasteiger partial charge in [-0.3, -0.25) is 14.2 Å². The number of rotatable bonds is 7. The van der Waals surface area contributed by atoms with Crippen LogP contribution in [-0.4, -0.2) is 34.2 Å². The van der Waals surface area contributed by atoms with Crippen LogP contribution in [0.25, 0.3) is 10.9 Å². The molecule has 9 heteroatoms. The number of amides is 1. The Morgan fingerprint density at radius 1 is 1.20 bits per heavy atom. The third-order valence-electron chi connectivity index (χ3n) is 6.69. The largest absolute Gasteiger partial charge is 0.376 e. The van der Waals surface area contributed by atoms with Gasteiger partial charge in [0.25, 0.3) is 11.5 Å². The molecule has 1 N–H and O–H groups in total. The summed E-state index contributed by atoms with van der Waals surface area (Å²) in [5.41, 5.74) is 1.08. The quantitative estimate of drug-likeness (QED) is 0.340. The lowest BCUT2D eigenvalue weighted by molar-refractivity contribution is 0.0935. The normalized spacial score (nSPS) is 18.4. The van der Waals surface area contributed by atoms with Crippen LogP contribution in [0.5, 0.6) is 0 Å². The maximum absolute atomic E-state index is 14.4. The van der Waals surface area contributed by atoms with Crippen LogP contribution in [0.3, 0.4) is 0 Å². The lowest BCUT2D eigenvalue weighted by Crippen LogP contribution is -2.32. The van der Waals surface area contributed by atoms with E-state index in [0.29, 0.717) is 45.4 Å². The van der Waals surface area contributed by atoms with Crippen molar-refractivity contribution in [2.45, 2.75) is 68.1 Å². The second-order valence-corrected chi connectivity index (χ2v) is 10.5. The van der Waals surface area contributed by atoms with Crippen LogP contribution in [0.1, 0.15) is 54.4 Å². The third kappa shape index (κ3) is 5.39. The highest BCUT2D eigenvalue weighted by molar-refractivity contribution is 7.98. The number of ether oxygens (including phenoxy) is 1. The minimum atomic E-state index is -0.398. The number of benzene rings is 2. The molecule has 2 heterocycles. The van der Waals surface area contributed by atoms with Crippen LogP contribution < -0.4 is 10.9 Å². The van der Waals surface area contributed by atoms with Crippen molar-refractivity contribution >= 4 is 40.2 Å². The maximum Gasteiger partial charge on any atom is 0.262 e. The summed E-state index contributed by atoms with van der Waals surface area (Å²) in [6, 6.07) is 9.78. The molecular formula is C26H27ClFN3O3S. The Balaban J connectivity index is 1.49. The molecule has 1 amide bonds. The van der Waals surface area contributed by atoms with E-state index < -0.39 is 5.82 Å². The smallest absolute Gasteiger partial charge is 0.262 e. The van der Waals surface area contributed by atoms with E-state index in [1.54, 1.807) is 34.9 Å². The maximum atomic E-state index is 14.4. The van der Waals surface area contributed by atoms with Gasteiger partial charge in [-0.2, -0.15) is 0 Å². The molecule has 5 rings (SSSR count). The molecule has 1 saturated carbocycles. The first-order valence-electron chi connectivity index (χ1n) is 12.0. The first kappa shape index (κ1) is 24.3. The lowest BCUT2D eigenvalue weighted by Gasteiger charge is -2.17. The summed E-state index contributed by atoms with van der Waals surface area (Å²) >= 11 is 7.47. The van der Waals surface area contributed by atoms with Crippen molar-refractivity contribution in [2.24, 2.45) is 0 Å². The van der Waals surface area contributed by atoms with Crippen LogP contribution in [0.2, 0.25) is 5.02 Å². The van der Waals surface area contributed by atoms with E-state index in [-0.39, 0.29) is 29.4 Å². The summed E-state index contributed by atoms with van der Waals surface area (Å²) < 4.78 is 21.7. The van der Waals surface area contributed by atoms with Crippen molar-refractivity contribution in [3.8, 4) is 0 Å². The van der Waals surface area contributed by atoms with Gasteiger partial charge >= 0.3 is 0 Å². The summed E-state index contributed by atoms with van der Waals surface area (Å²) in [5, 5.41) is 4.30. The molecule has 2 aromatic carbocycles. The summed E-state index contributed by atoms with van der Waals surface area (Å²) in [7, 11) is 0. The van der Waals surface area contributed by atoms with Crippen molar-refractivity contribution in [3.05, 3.63) is 68.7 Å². The first-order chi connectivity index (χ1) is 17.0. The minimum absolute atomic E-state index is 0.0696. The minimum Gasteiger partial charge on any atom is -0.376 e. The molecule has 0 spiro atoms. The highest BCUT2D eigenvalue weighted by Gasteiger charge is 2.22. The molecule has 1 aromatic heterocycles. The van der Waals surface area contributed by atoms with E-state index >= 15 is 0 Å². The Kier molecular flexibility index (Phi) is 7.41. The Bertz CT molecular complexity index is 1280. The first-order valence-corrected chi connectivity index (χ1v) is 13.4. The van der Waals surface area contributed by atoms with Gasteiger partial charge in [-0.05, 0) is 56.0 Å². The Labute approximate surface area is 212 Å². The van der Waals surface area contributed by atoms with Gasteiger partial charge < -0.3 is 10.1 Å². The Morgan fingerprint density at radius 2 is 2.03 bits per heavy atom. The van der Waals surface area contributed by atoms with Gasteiger partial charge in [-0.15, -0.1) is 0 Å². The molecule has 1 atom stereocenters. The topological polar surface area (TPSA) is 73.2 Å². The average Bonchev–Trinajstić information content (AvgIpc) is 3.55. The van der Waals surface area contributed by atoms with Crippen molar-refractivity contribution < 1.29 is 13.9 Å². The number of nitrogens with zero attached hydrogens (tertiary/aromatic N) is 2. The number of halogens is 2. The van der Waals surface area contributed by atoms with Crippen molar-refractivity contribution in [1.82, 2.24) is 14.9 Å². The number of nitrogens with one attached hydrogen (secondary N) is 1. The molecular weight excluding hydrogens is 489 g/mol. The molecule has 184 valence electrons. The molecule has 1 aliphatic carbocycles. The van der Waals surface area contributed by atoms with E-state index in [9.17, 15) is 14.0 Å². The van der Waals surface area contributed by atoms with Gasteiger partial charge in [0.2, 0.25) is 0 Å². The molecule has 1 unspecified atom stereocenters. The van der Waals surface area contributed by atoms with E-state index in [1.165, 1.54) is 17.8 Å². The Morgan fingerprint density at radius 3 is 2.77 bits per heavy atom. The molecule has 0 bridgehead atoms. The Hall–Kier alpha value is -2.42. The van der Waals surface area contributed by atoms with Crippen molar-refractivity contribution in [2.75, 3.05) is 6.61 Å². The SMILES string of the molecule is O=C(NC1CCCC1)c1ccc2c(=O)n(CC3CCCO3)c(SCc3c(F)cccc3Cl)nc2c1. The number of carbonyl (C=O) groups excluding carboxylic acids is 1. The monoisotopic (exact) mass is 515 g/mol. The van der Waals surface area contributed by atoms with E-state index in [4.69, 9.17) is 21.3 Å². The zero-order valence-corrected chi connectivity index (χ0v) is 20.8. The van der Waals surface area contributed by atoms with Gasteiger partial charge in [-0.25, -0.2) is 9.37 Å². The second-order valence-electron chi connectivity index (χ2n) is 9.12. The van der Waals surface area contributed by atoms with Crippen molar-refractivity contribution in [3.63, 3.8) is 0 Å². The number of carbonyl (C=O) groups is 1. The van der Waals surface area contributed by atoms with Crippen LogP contribution in [0, 0.1) is 5.82 Å². The van der Waals surface area contributed by atoms with Gasteiger partial charge in [0, 0.05) is 34.6 Å². The van der Waals surface area contributed by atoms with Crippen LogP contribution in [-0.2, 0) is 17.0 Å². The van der Waals surface area contributed by atoms with Gasteiger partial charge in [0.1, 0.15) is 5.82 Å². The predicted molar refractivity (Wildman–Crippen MR) is 136 cm³/mol. The molecule has 1 aliphatic heterocycles. The number of fused-ring (bicyclic) bond motifs is 1. The highest BCUT2D eigenvalue weighted by atomic mass is 35.5. The zero-order valence-electron chi connectivity index (χ0n) is 19.3. The summed E-state index contributed by atoms with van der Waals surface area (Å²) in [6.07, 6.45) is 5.99. The molecule has 6 nitrogen and oxygen atoms in total. The van der Waals surface area contributed by atoms with Crippen molar-refractivity contribution in [1.29, 1.82) is 0 Å². The zero-order chi connectivity index (χ0) is 24.4. The fraction of sp³-hybridized carbons (Fsp3) is 0.423. The highest BCUT2D eigenvalue weighted by Crippen LogP contribution is 2.29. The number of hydrogen-bond acceptors (Lipinski definition) is 5. The summed E-state index contributed by atoms with van der Waals surface area (Å²) in [4.78, 5) is 31.0. The van der Waals surface area contributed by atoms with E-state index in [2.05, 4.69) is 5.32 Å². The summed E-state index contributed by atoms with van der Waals surface area (Å²) in [5.74, 6) is -0.335. The fourth-order valence-electron chi connectivity index (χ4n) is 4.75. The van der Waals surface area contributed by atoms with Gasteiger partial charge in [0.05, 0.1) is 23.6 Å². The van der Waals surface area contributed by atoms with Crippen LogP contribution >= 0.6 is 23.4 Å². The van der Waals surface area contributed by atoms with E-state index in [1.807, 2.05) is 0 Å². The van der Waals surface area contributed by atoms with Gasteiger partial charge in [-0.1, -0.05) is 42.3 Å². The summed E-state index contributed by atoms with van der Waals surface area (Å²) in [6.45, 7) is 1.05. The van der Waals surface area contributed by atoms with Gasteiger partial charge in [0.15, 0.2) is 5.16 Å². The lowest BCUT2D eigenvalue weighted by atomic mass is 10.1. The molecule has 2 fully saturated rings. The molecule has 1 saturated heterocycles. The fourth-order valence-corrected chi connectivity index (χ4v) is 6.10. The standard InChI is InChI=1S/C26H27ClFN3O3S/c27-21-8-3-9-22(28)20(21)15-35-26-30-23-13-16(24(32)29-17-5-1-2-6-17)10-11-19(23)25(33)31(26)14-18-7-4-12-34-18/h3,8-11,13,17-18H,1-2,4-7,12,14-15H2,(H,29,32). The third-order valence-corrected chi connectivity index (χ3v) is 8.05. The average molecular weight is 516 g/mol. The molecule has 3 aromatic rings. The molecule has 0 radical (unpaired) electrons. The van der Waals surface area contributed by atoms with E-state index in [0.717, 1.165) is 38.5 Å². The molecule has 35 heavy (non-hydrogen) atoms. The second kappa shape index (κ2) is 10.7. The van der Waals surface area contributed by atoms with Crippen LogP contribution in [0.4, 0.5) is 4.39 Å². The number of hydrogen-bond donors (Lipinski definition) is 1. The number of aromatic nitrogens is 2.